The summed E-state index contributed by atoms with van der Waals surface area (Å²) in [4.78, 5) is 4.44. The van der Waals surface area contributed by atoms with Crippen LogP contribution >= 0.6 is 15.9 Å². The van der Waals surface area contributed by atoms with E-state index in [1.807, 2.05) is 24.8 Å². The quantitative estimate of drug-likeness (QED) is 0.774. The average Bonchev–Trinajstić information content (AvgIpc) is 2.80. The van der Waals surface area contributed by atoms with Crippen LogP contribution < -0.4 is 0 Å². The van der Waals surface area contributed by atoms with E-state index in [9.17, 15) is 0 Å². The fraction of sp³-hybridized carbons (Fsp3) is 0.250. The number of rotatable bonds is 4. The first-order valence-corrected chi connectivity index (χ1v) is 5.92. The van der Waals surface area contributed by atoms with E-state index in [1.54, 1.807) is 0 Å². The van der Waals surface area contributed by atoms with E-state index in [4.69, 9.17) is 0 Å². The normalized spacial score (nSPS) is 12.6. The molecular formula is C12H13BrN2. The number of aromatic nitrogens is 2. The van der Waals surface area contributed by atoms with Gasteiger partial charge >= 0.3 is 0 Å². The van der Waals surface area contributed by atoms with Crippen LogP contribution in [0.25, 0.3) is 0 Å². The Balaban J connectivity index is 1.90. The number of halogens is 1. The highest BCUT2D eigenvalue weighted by molar-refractivity contribution is 9.09. The third-order valence-electron chi connectivity index (χ3n) is 2.36. The Hall–Kier alpha value is -1.09. The lowest BCUT2D eigenvalue weighted by molar-refractivity contribution is 0.639. The summed E-state index contributed by atoms with van der Waals surface area (Å²) in [7, 11) is 0. The van der Waals surface area contributed by atoms with Crippen LogP contribution in [0.2, 0.25) is 0 Å². The third kappa shape index (κ3) is 2.93. The maximum absolute atomic E-state index is 4.02. The molecule has 0 aliphatic carbocycles. The van der Waals surface area contributed by atoms with Crippen molar-refractivity contribution < 1.29 is 0 Å². The molecule has 2 nitrogen and oxygen atoms in total. The first-order chi connectivity index (χ1) is 7.36. The van der Waals surface area contributed by atoms with Crippen molar-refractivity contribution in [2.24, 2.45) is 0 Å². The molecule has 0 saturated heterocycles. The van der Waals surface area contributed by atoms with Gasteiger partial charge in [-0.2, -0.15) is 0 Å². The van der Waals surface area contributed by atoms with Crippen molar-refractivity contribution in [1.82, 2.24) is 9.55 Å². The smallest absolute Gasteiger partial charge is 0.0945 e. The molecule has 1 aromatic carbocycles. The van der Waals surface area contributed by atoms with Crippen molar-refractivity contribution in [2.75, 3.05) is 0 Å². The van der Waals surface area contributed by atoms with Crippen LogP contribution in [-0.2, 0) is 6.54 Å². The Kier molecular flexibility index (Phi) is 3.56. The second-order valence-electron chi connectivity index (χ2n) is 3.47. The Bertz CT molecular complexity index is 383. The molecule has 0 aliphatic heterocycles. The molecule has 1 atom stereocenters. The summed E-state index contributed by atoms with van der Waals surface area (Å²) in [5, 5.41) is 0. The van der Waals surface area contributed by atoms with Crippen LogP contribution in [0, 0.1) is 0 Å². The molecule has 0 radical (unpaired) electrons. The fourth-order valence-corrected chi connectivity index (χ4v) is 2.02. The van der Waals surface area contributed by atoms with Gasteiger partial charge in [0.25, 0.3) is 0 Å². The van der Waals surface area contributed by atoms with E-state index >= 15 is 0 Å². The summed E-state index contributed by atoms with van der Waals surface area (Å²) < 4.78 is 2.09. The van der Waals surface area contributed by atoms with Gasteiger partial charge in [0.15, 0.2) is 0 Å². The van der Waals surface area contributed by atoms with E-state index < -0.39 is 0 Å². The largest absolute Gasteiger partial charge is 0.337 e. The standard InChI is InChI=1S/C12H13BrN2/c13-12(11-4-2-1-3-5-11)6-8-15-9-7-14-10-15/h1-5,7,9-10,12H,6,8H2. The SMILES string of the molecule is BrC(CCn1ccnc1)c1ccccc1. The first kappa shape index (κ1) is 10.4. The van der Waals surface area contributed by atoms with Gasteiger partial charge in [0.2, 0.25) is 0 Å². The second kappa shape index (κ2) is 5.12. The number of alkyl halides is 1. The Morgan fingerprint density at radius 1 is 1.27 bits per heavy atom. The summed E-state index contributed by atoms with van der Waals surface area (Å²) in [5.41, 5.74) is 1.33. The lowest BCUT2D eigenvalue weighted by Crippen LogP contribution is -1.98. The van der Waals surface area contributed by atoms with Gasteiger partial charge in [-0.3, -0.25) is 0 Å². The minimum absolute atomic E-state index is 0.418. The summed E-state index contributed by atoms with van der Waals surface area (Å²) in [6.45, 7) is 0.991. The molecule has 15 heavy (non-hydrogen) atoms. The molecule has 2 rings (SSSR count). The highest BCUT2D eigenvalue weighted by atomic mass is 79.9. The number of hydrogen-bond donors (Lipinski definition) is 0. The second-order valence-corrected chi connectivity index (χ2v) is 4.57. The van der Waals surface area contributed by atoms with Gasteiger partial charge in [0.1, 0.15) is 0 Å². The van der Waals surface area contributed by atoms with Gasteiger partial charge in [0.05, 0.1) is 6.33 Å². The van der Waals surface area contributed by atoms with Crippen LogP contribution in [0.4, 0.5) is 0 Å². The molecule has 0 saturated carbocycles. The van der Waals surface area contributed by atoms with Crippen molar-refractivity contribution in [3.8, 4) is 0 Å². The highest BCUT2D eigenvalue weighted by Gasteiger charge is 2.06. The summed E-state index contributed by atoms with van der Waals surface area (Å²) in [6.07, 6.45) is 6.72. The van der Waals surface area contributed by atoms with Gasteiger partial charge in [-0.1, -0.05) is 46.3 Å². The van der Waals surface area contributed by atoms with E-state index in [-0.39, 0.29) is 0 Å². The Labute approximate surface area is 98.1 Å². The molecule has 2 aromatic rings. The number of hydrogen-bond acceptors (Lipinski definition) is 1. The molecule has 1 heterocycles. The average molecular weight is 265 g/mol. The molecular weight excluding hydrogens is 252 g/mol. The molecule has 78 valence electrons. The zero-order valence-electron chi connectivity index (χ0n) is 8.38. The monoisotopic (exact) mass is 264 g/mol. The topological polar surface area (TPSA) is 17.8 Å². The van der Waals surface area contributed by atoms with Gasteiger partial charge in [0, 0.05) is 23.8 Å². The molecule has 3 heteroatoms. The van der Waals surface area contributed by atoms with Crippen LogP contribution in [-0.4, -0.2) is 9.55 Å². The lowest BCUT2D eigenvalue weighted by atomic mass is 10.1. The van der Waals surface area contributed by atoms with Gasteiger partial charge < -0.3 is 4.57 Å². The van der Waals surface area contributed by atoms with Crippen molar-refractivity contribution in [1.29, 1.82) is 0 Å². The van der Waals surface area contributed by atoms with Gasteiger partial charge in [-0.15, -0.1) is 0 Å². The molecule has 0 spiro atoms. The fourth-order valence-electron chi connectivity index (χ4n) is 1.51. The van der Waals surface area contributed by atoms with Gasteiger partial charge in [-0.25, -0.2) is 4.98 Å². The van der Waals surface area contributed by atoms with Crippen LogP contribution in [0.5, 0.6) is 0 Å². The molecule has 0 aliphatic rings. The lowest BCUT2D eigenvalue weighted by Gasteiger charge is -2.10. The first-order valence-electron chi connectivity index (χ1n) is 5.01. The van der Waals surface area contributed by atoms with E-state index in [1.165, 1.54) is 5.56 Å². The predicted octanol–water partition coefficient (Wildman–Crippen LogP) is 3.41. The van der Waals surface area contributed by atoms with Crippen molar-refractivity contribution >= 4 is 15.9 Å². The maximum Gasteiger partial charge on any atom is 0.0945 e. The minimum Gasteiger partial charge on any atom is -0.337 e. The van der Waals surface area contributed by atoms with Crippen LogP contribution in [0.3, 0.4) is 0 Å². The molecule has 1 unspecified atom stereocenters. The van der Waals surface area contributed by atoms with E-state index in [2.05, 4.69) is 49.7 Å². The van der Waals surface area contributed by atoms with Gasteiger partial charge in [-0.05, 0) is 12.0 Å². The van der Waals surface area contributed by atoms with Crippen LogP contribution in [0.1, 0.15) is 16.8 Å². The zero-order valence-corrected chi connectivity index (χ0v) is 9.97. The molecule has 0 bridgehead atoms. The number of aryl methyl sites for hydroxylation is 1. The summed E-state index contributed by atoms with van der Waals surface area (Å²) in [5.74, 6) is 0. The van der Waals surface area contributed by atoms with E-state index in [0.717, 1.165) is 13.0 Å². The number of imidazole rings is 1. The van der Waals surface area contributed by atoms with Crippen molar-refractivity contribution in [3.63, 3.8) is 0 Å². The highest BCUT2D eigenvalue weighted by Crippen LogP contribution is 2.26. The van der Waals surface area contributed by atoms with Crippen molar-refractivity contribution in [2.45, 2.75) is 17.8 Å². The molecule has 0 amide bonds. The predicted molar refractivity (Wildman–Crippen MR) is 65.0 cm³/mol. The van der Waals surface area contributed by atoms with E-state index in [0.29, 0.717) is 4.83 Å². The third-order valence-corrected chi connectivity index (χ3v) is 3.35. The molecule has 0 fully saturated rings. The number of benzene rings is 1. The zero-order chi connectivity index (χ0) is 10.5. The van der Waals surface area contributed by atoms with Crippen molar-refractivity contribution in [3.05, 3.63) is 54.6 Å². The molecule has 0 N–H and O–H groups in total. The maximum atomic E-state index is 4.02. The van der Waals surface area contributed by atoms with Crippen LogP contribution in [0.15, 0.2) is 49.1 Å². The number of nitrogens with zero attached hydrogens (tertiary/aromatic N) is 2. The minimum atomic E-state index is 0.418. The summed E-state index contributed by atoms with van der Waals surface area (Å²) >= 11 is 3.70. The Morgan fingerprint density at radius 3 is 2.73 bits per heavy atom. The molecule has 1 aromatic heterocycles. The Morgan fingerprint density at radius 2 is 2.07 bits per heavy atom. The summed E-state index contributed by atoms with van der Waals surface area (Å²) in [6, 6.07) is 10.5.